The number of primary amides is 1. The number of aromatic hydroxyl groups is 1. The summed E-state index contributed by atoms with van der Waals surface area (Å²) in [6, 6.07) is 10.7. The van der Waals surface area contributed by atoms with Crippen LogP contribution in [-0.4, -0.2) is 49.0 Å². The van der Waals surface area contributed by atoms with E-state index in [0.717, 1.165) is 5.56 Å². The average molecular weight is 516 g/mol. The number of phenols is 1. The largest absolute Gasteiger partial charge is 0.508 e. The Labute approximate surface area is 211 Å². The Kier molecular flexibility index (Phi) is 6.23. The summed E-state index contributed by atoms with van der Waals surface area (Å²) in [6.45, 7) is 1.10. The number of nitrogens with two attached hydrogens (primary N) is 1. The summed E-state index contributed by atoms with van der Waals surface area (Å²) in [5, 5.41) is 22.3. The molecule has 0 spiro atoms. The molecule has 2 heterocycles. The second-order valence-electron chi connectivity index (χ2n) is 8.87. The molecule has 1 fully saturated rings. The number of carbonyl (C=O) groups is 1. The molecule has 1 saturated heterocycles. The number of aliphatic hydroxyl groups excluding tert-OH is 1. The summed E-state index contributed by atoms with van der Waals surface area (Å²) in [5.74, 6) is -2.75. The van der Waals surface area contributed by atoms with Crippen LogP contribution < -0.4 is 20.7 Å². The maximum absolute atomic E-state index is 15.9. The summed E-state index contributed by atoms with van der Waals surface area (Å²) in [6.07, 6.45) is 0.299. The molecule has 1 atom stereocenters. The van der Waals surface area contributed by atoms with Gasteiger partial charge in [-0.05, 0) is 41.5 Å². The van der Waals surface area contributed by atoms with Crippen molar-refractivity contribution in [1.82, 2.24) is 5.32 Å². The number of piperazine rings is 1. The zero-order chi connectivity index (χ0) is 25.6. The van der Waals surface area contributed by atoms with Gasteiger partial charge >= 0.3 is 0 Å². The highest BCUT2D eigenvalue weighted by atomic mass is 35.5. The molecule has 10 heteroatoms. The number of benzene rings is 3. The molecule has 0 aliphatic carbocycles. The summed E-state index contributed by atoms with van der Waals surface area (Å²) in [5.41, 5.74) is 6.35. The highest BCUT2D eigenvalue weighted by Crippen LogP contribution is 2.53. The lowest BCUT2D eigenvalue weighted by atomic mass is 9.82. The molecular formula is C26H24ClF2N3O4. The van der Waals surface area contributed by atoms with Gasteiger partial charge in [0.25, 0.3) is 0 Å². The molecule has 1 unspecified atom stereocenters. The van der Waals surface area contributed by atoms with Gasteiger partial charge < -0.3 is 30.9 Å². The Morgan fingerprint density at radius 1 is 1.22 bits per heavy atom. The van der Waals surface area contributed by atoms with Crippen LogP contribution in [0.4, 0.5) is 14.5 Å². The predicted octanol–water partition coefficient (Wildman–Crippen LogP) is 3.32. The van der Waals surface area contributed by atoms with Crippen molar-refractivity contribution < 1.29 is 28.5 Å². The van der Waals surface area contributed by atoms with E-state index < -0.39 is 23.1 Å². The lowest BCUT2D eigenvalue weighted by molar-refractivity contribution is 0.100. The Balaban J connectivity index is 1.78. The fourth-order valence-electron chi connectivity index (χ4n) is 5.36. The number of fused-ring (bicyclic) bond motifs is 3. The van der Waals surface area contributed by atoms with Gasteiger partial charge in [-0.1, -0.05) is 23.7 Å². The minimum Gasteiger partial charge on any atom is -0.508 e. The third-order valence-corrected chi connectivity index (χ3v) is 7.23. The number of phenolic OH excluding ortho intramolecular Hbond substituents is 1. The third-order valence-electron chi connectivity index (χ3n) is 6.86. The van der Waals surface area contributed by atoms with E-state index in [0.29, 0.717) is 37.3 Å². The van der Waals surface area contributed by atoms with Crippen LogP contribution >= 0.6 is 11.6 Å². The van der Waals surface area contributed by atoms with E-state index in [1.165, 1.54) is 18.2 Å². The molecule has 0 aromatic heterocycles. The number of carbonyl (C=O) groups excluding carboxylic acids is 1. The van der Waals surface area contributed by atoms with Crippen molar-refractivity contribution in [2.24, 2.45) is 5.73 Å². The van der Waals surface area contributed by atoms with Crippen molar-refractivity contribution in [3.63, 3.8) is 0 Å². The topological polar surface area (TPSA) is 108 Å². The van der Waals surface area contributed by atoms with Crippen LogP contribution in [0.25, 0.3) is 11.1 Å². The lowest BCUT2D eigenvalue weighted by Crippen LogP contribution is -2.57. The quantitative estimate of drug-likeness (QED) is 0.401. The van der Waals surface area contributed by atoms with Crippen LogP contribution in [0.15, 0.2) is 42.5 Å². The van der Waals surface area contributed by atoms with Crippen molar-refractivity contribution >= 4 is 23.2 Å². The number of halogens is 3. The first-order valence-electron chi connectivity index (χ1n) is 11.4. The maximum Gasteiger partial charge on any atom is 0.249 e. The molecule has 3 aromatic carbocycles. The highest BCUT2D eigenvalue weighted by Gasteiger charge is 2.48. The number of nitrogens with zero attached hydrogens (tertiary/aromatic N) is 1. The molecule has 3 aromatic rings. The van der Waals surface area contributed by atoms with Crippen LogP contribution in [0.5, 0.6) is 11.5 Å². The molecule has 1 amide bonds. The van der Waals surface area contributed by atoms with Gasteiger partial charge in [0, 0.05) is 42.9 Å². The van der Waals surface area contributed by atoms with Gasteiger partial charge in [0.05, 0.1) is 22.7 Å². The number of ether oxygens (including phenoxy) is 1. The predicted molar refractivity (Wildman–Crippen MR) is 132 cm³/mol. The first-order valence-corrected chi connectivity index (χ1v) is 11.8. The smallest absolute Gasteiger partial charge is 0.249 e. The maximum atomic E-state index is 15.9. The Bertz CT molecular complexity index is 1370. The lowest BCUT2D eigenvalue weighted by Gasteiger charge is -2.45. The number of anilines is 1. The normalized spacial score (nSPS) is 18.6. The Hall–Kier alpha value is -3.40. The summed E-state index contributed by atoms with van der Waals surface area (Å²) < 4.78 is 36.5. The molecule has 36 heavy (non-hydrogen) atoms. The average Bonchev–Trinajstić information content (AvgIpc) is 3.19. The number of aliphatic hydroxyl groups is 1. The minimum atomic E-state index is -0.927. The molecular weight excluding hydrogens is 492 g/mol. The summed E-state index contributed by atoms with van der Waals surface area (Å²) in [7, 11) is 0. The molecule has 2 aliphatic rings. The van der Waals surface area contributed by atoms with Crippen LogP contribution in [0.1, 0.15) is 21.5 Å². The van der Waals surface area contributed by atoms with Crippen LogP contribution in [0, 0.1) is 11.6 Å². The molecule has 0 radical (unpaired) electrons. The fraction of sp³-hybridized carbons (Fsp3) is 0.269. The van der Waals surface area contributed by atoms with Gasteiger partial charge in [0.15, 0.2) is 11.6 Å². The minimum absolute atomic E-state index is 0.0290. The Morgan fingerprint density at radius 3 is 2.75 bits per heavy atom. The molecule has 5 N–H and O–H groups in total. The zero-order valence-electron chi connectivity index (χ0n) is 19.2. The number of rotatable bonds is 6. The second kappa shape index (κ2) is 9.24. The molecule has 0 bridgehead atoms. The van der Waals surface area contributed by atoms with Crippen molar-refractivity contribution in [2.75, 3.05) is 37.7 Å². The van der Waals surface area contributed by atoms with E-state index in [-0.39, 0.29) is 46.4 Å². The Morgan fingerprint density at radius 2 is 2.03 bits per heavy atom. The molecule has 2 aliphatic heterocycles. The monoisotopic (exact) mass is 515 g/mol. The number of hydrogen-bond acceptors (Lipinski definition) is 6. The van der Waals surface area contributed by atoms with Gasteiger partial charge in [-0.15, -0.1) is 0 Å². The number of hydrogen-bond donors (Lipinski definition) is 4. The van der Waals surface area contributed by atoms with Gasteiger partial charge in [0.1, 0.15) is 18.2 Å². The van der Waals surface area contributed by atoms with Gasteiger partial charge in [0.2, 0.25) is 5.91 Å². The van der Waals surface area contributed by atoms with Crippen molar-refractivity contribution in [3.05, 3.63) is 75.8 Å². The molecule has 7 nitrogen and oxygen atoms in total. The van der Waals surface area contributed by atoms with Crippen LogP contribution in [0.3, 0.4) is 0 Å². The standard InChI is InChI=1S/C26H24ClF2N3O4/c27-23-18(28)11-19-17(12-26(13-31-6-7-32(19)26)14-2-1-3-15(34)10-14)21(23)22-16(25(30)35)4-5-20(24(22)29)36-9-8-33/h1-5,10-11,31,33-34H,6-9,12-13H2,(H2,30,35). The van der Waals surface area contributed by atoms with E-state index in [2.05, 4.69) is 5.32 Å². The van der Waals surface area contributed by atoms with Crippen molar-refractivity contribution in [2.45, 2.75) is 12.0 Å². The zero-order valence-corrected chi connectivity index (χ0v) is 19.9. The molecule has 188 valence electrons. The molecule has 0 saturated carbocycles. The van der Waals surface area contributed by atoms with E-state index in [4.69, 9.17) is 27.2 Å². The van der Waals surface area contributed by atoms with E-state index in [1.54, 1.807) is 18.2 Å². The number of nitrogens with one attached hydrogen (secondary N) is 1. The van der Waals surface area contributed by atoms with E-state index in [9.17, 15) is 9.90 Å². The SMILES string of the molecule is NC(=O)c1ccc(OCCO)c(F)c1-c1c(Cl)c(F)cc2c1CC1(c3cccc(O)c3)CNCCN21. The summed E-state index contributed by atoms with van der Waals surface area (Å²) >= 11 is 6.48. The number of amides is 1. The van der Waals surface area contributed by atoms with Crippen molar-refractivity contribution in [1.29, 1.82) is 0 Å². The van der Waals surface area contributed by atoms with Gasteiger partial charge in [-0.25, -0.2) is 8.78 Å². The van der Waals surface area contributed by atoms with E-state index >= 15 is 8.78 Å². The van der Waals surface area contributed by atoms with Crippen LogP contribution in [0.2, 0.25) is 5.02 Å². The van der Waals surface area contributed by atoms with E-state index in [1.807, 2.05) is 11.0 Å². The highest BCUT2D eigenvalue weighted by molar-refractivity contribution is 6.34. The first kappa shape index (κ1) is 24.3. The van der Waals surface area contributed by atoms with Gasteiger partial charge in [-0.3, -0.25) is 4.79 Å². The van der Waals surface area contributed by atoms with Crippen molar-refractivity contribution in [3.8, 4) is 22.6 Å². The third kappa shape index (κ3) is 3.75. The fourth-order valence-corrected chi connectivity index (χ4v) is 5.62. The molecule has 5 rings (SSSR count). The first-order chi connectivity index (χ1) is 17.3. The van der Waals surface area contributed by atoms with Crippen LogP contribution in [-0.2, 0) is 12.0 Å². The summed E-state index contributed by atoms with van der Waals surface area (Å²) in [4.78, 5) is 14.4. The van der Waals surface area contributed by atoms with Gasteiger partial charge in [-0.2, -0.15) is 0 Å². The second-order valence-corrected chi connectivity index (χ2v) is 9.25.